The molecule has 7 heteroatoms. The van der Waals surface area contributed by atoms with Crippen molar-refractivity contribution >= 4 is 11.7 Å². The third-order valence-electron chi connectivity index (χ3n) is 7.09. The number of amides is 2. The number of carbonyl (C=O) groups excluding carboxylic acids is 1. The Morgan fingerprint density at radius 1 is 0.921 bits per heavy atom. The van der Waals surface area contributed by atoms with E-state index in [1.54, 1.807) is 7.11 Å². The molecular weight excluding hydrogens is 474 g/mol. The topological polar surface area (TPSA) is 64.3 Å². The second-order valence-corrected chi connectivity index (χ2v) is 9.51. The number of para-hydroxylation sites is 3. The van der Waals surface area contributed by atoms with Gasteiger partial charge in [-0.15, -0.1) is 0 Å². The van der Waals surface area contributed by atoms with Crippen LogP contribution in [0.2, 0.25) is 0 Å². The van der Waals surface area contributed by atoms with Crippen molar-refractivity contribution in [3.05, 3.63) is 125 Å². The fourth-order valence-electron chi connectivity index (χ4n) is 5.18. The van der Waals surface area contributed by atoms with Crippen LogP contribution in [-0.4, -0.2) is 32.4 Å². The van der Waals surface area contributed by atoms with E-state index >= 15 is 0 Å². The van der Waals surface area contributed by atoms with Crippen molar-refractivity contribution in [3.63, 3.8) is 0 Å². The first kappa shape index (κ1) is 23.6. The van der Waals surface area contributed by atoms with Gasteiger partial charge >= 0.3 is 6.03 Å². The van der Waals surface area contributed by atoms with Crippen molar-refractivity contribution in [1.29, 1.82) is 0 Å². The smallest absolute Gasteiger partial charge is 0.323 e. The van der Waals surface area contributed by atoms with E-state index in [-0.39, 0.29) is 12.1 Å². The van der Waals surface area contributed by atoms with Gasteiger partial charge in [-0.2, -0.15) is 5.10 Å². The summed E-state index contributed by atoms with van der Waals surface area (Å²) in [6, 6.07) is 29.5. The van der Waals surface area contributed by atoms with Crippen molar-refractivity contribution in [1.82, 2.24) is 19.2 Å². The van der Waals surface area contributed by atoms with Crippen molar-refractivity contribution in [2.45, 2.75) is 26.4 Å². The first-order valence-electron chi connectivity index (χ1n) is 12.6. The van der Waals surface area contributed by atoms with Gasteiger partial charge in [0.1, 0.15) is 11.6 Å². The van der Waals surface area contributed by atoms with Crippen molar-refractivity contribution < 1.29 is 9.53 Å². The monoisotopic (exact) mass is 503 g/mol. The highest BCUT2D eigenvalue weighted by molar-refractivity contribution is 5.91. The third kappa shape index (κ3) is 4.02. The van der Waals surface area contributed by atoms with E-state index in [9.17, 15) is 4.79 Å². The molecule has 5 aromatic rings. The Morgan fingerprint density at radius 3 is 2.42 bits per heavy atom. The average molecular weight is 504 g/mol. The van der Waals surface area contributed by atoms with Gasteiger partial charge in [-0.05, 0) is 55.8 Å². The quantitative estimate of drug-likeness (QED) is 0.308. The molecule has 3 aromatic carbocycles. The van der Waals surface area contributed by atoms with Gasteiger partial charge in [0, 0.05) is 11.8 Å². The number of fused-ring (bicyclic) bond motifs is 3. The number of carbonyl (C=O) groups is 1. The Balaban J connectivity index is 1.53. The molecule has 6 rings (SSSR count). The maximum Gasteiger partial charge on any atom is 0.323 e. The lowest BCUT2D eigenvalue weighted by molar-refractivity contribution is 0.194. The number of nitrogens with zero attached hydrogens (tertiary/aromatic N) is 4. The fraction of sp³-hybridized carbons (Fsp3) is 0.161. The molecule has 0 saturated carbocycles. The van der Waals surface area contributed by atoms with Crippen LogP contribution in [0.1, 0.15) is 34.1 Å². The molecule has 0 fully saturated rings. The molecule has 1 aliphatic heterocycles. The van der Waals surface area contributed by atoms with Crippen LogP contribution in [0.25, 0.3) is 11.5 Å². The van der Waals surface area contributed by atoms with Crippen molar-refractivity contribution in [2.24, 2.45) is 0 Å². The summed E-state index contributed by atoms with van der Waals surface area (Å²) >= 11 is 0. The molecule has 190 valence electrons. The molecule has 0 unspecified atom stereocenters. The van der Waals surface area contributed by atoms with Gasteiger partial charge in [0.05, 0.1) is 42.5 Å². The predicted octanol–water partition coefficient (Wildman–Crippen LogP) is 6.43. The number of aromatic nitrogens is 3. The van der Waals surface area contributed by atoms with Gasteiger partial charge in [0.15, 0.2) is 0 Å². The SMILES string of the molecule is COc1ccccc1NC(=O)N1Cc2c(C)nn(-c3ccccc3)c2-n2cccc2[C@@H]1c1ccc(C)cc1. The molecule has 1 aliphatic rings. The van der Waals surface area contributed by atoms with E-state index in [2.05, 4.69) is 53.3 Å². The first-order chi connectivity index (χ1) is 18.5. The maximum atomic E-state index is 14.1. The Kier molecular flexibility index (Phi) is 5.96. The summed E-state index contributed by atoms with van der Waals surface area (Å²) < 4.78 is 9.65. The van der Waals surface area contributed by atoms with E-state index < -0.39 is 0 Å². The number of urea groups is 1. The molecule has 0 saturated heterocycles. The number of benzene rings is 3. The standard InChI is InChI=1S/C31H29N5O2/c1-21-15-17-23(18-16-21)29-27-13-9-19-34(27)30-25(22(2)33-36(30)24-10-5-4-6-11-24)20-35(29)31(37)32-26-12-7-8-14-28(26)38-3/h4-19,29H,20H2,1-3H3,(H,32,37)/t29-/m0/s1. The second-order valence-electron chi connectivity index (χ2n) is 9.51. The number of nitrogens with one attached hydrogen (secondary N) is 1. The highest BCUT2D eigenvalue weighted by Gasteiger charge is 2.36. The van der Waals surface area contributed by atoms with Crippen molar-refractivity contribution in [3.8, 4) is 17.3 Å². The minimum absolute atomic E-state index is 0.215. The molecule has 3 heterocycles. The summed E-state index contributed by atoms with van der Waals surface area (Å²) in [5.41, 5.74) is 6.66. The first-order valence-corrected chi connectivity index (χ1v) is 12.6. The third-order valence-corrected chi connectivity index (χ3v) is 7.09. The minimum atomic E-state index is -0.323. The molecule has 2 aromatic heterocycles. The van der Waals surface area contributed by atoms with Crippen LogP contribution in [-0.2, 0) is 6.54 Å². The number of hydrogen-bond donors (Lipinski definition) is 1. The molecule has 2 amide bonds. The number of rotatable bonds is 4. The highest BCUT2D eigenvalue weighted by Crippen LogP contribution is 2.39. The minimum Gasteiger partial charge on any atom is -0.495 e. The van der Waals surface area contributed by atoms with E-state index in [4.69, 9.17) is 9.84 Å². The van der Waals surface area contributed by atoms with Crippen LogP contribution in [0, 0.1) is 13.8 Å². The number of aryl methyl sites for hydroxylation is 2. The van der Waals surface area contributed by atoms with Gasteiger partial charge < -0.3 is 19.5 Å². The molecule has 0 aliphatic carbocycles. The summed E-state index contributed by atoms with van der Waals surface area (Å²) in [5, 5.41) is 8.02. The molecular formula is C31H29N5O2. The van der Waals surface area contributed by atoms with Crippen LogP contribution in [0.4, 0.5) is 10.5 Å². The van der Waals surface area contributed by atoms with Gasteiger partial charge in [-0.1, -0.05) is 60.2 Å². The van der Waals surface area contributed by atoms with Crippen LogP contribution in [0.5, 0.6) is 5.75 Å². The highest BCUT2D eigenvalue weighted by atomic mass is 16.5. The lowest BCUT2D eigenvalue weighted by Gasteiger charge is -2.31. The Morgan fingerprint density at radius 2 is 1.66 bits per heavy atom. The fourth-order valence-corrected chi connectivity index (χ4v) is 5.18. The van der Waals surface area contributed by atoms with Gasteiger partial charge in [0.25, 0.3) is 0 Å². The number of methoxy groups -OCH3 is 1. The number of hydrogen-bond acceptors (Lipinski definition) is 3. The molecule has 38 heavy (non-hydrogen) atoms. The largest absolute Gasteiger partial charge is 0.495 e. The van der Waals surface area contributed by atoms with Gasteiger partial charge in [-0.3, -0.25) is 0 Å². The van der Waals surface area contributed by atoms with E-state index in [1.807, 2.05) is 77.2 Å². The summed E-state index contributed by atoms with van der Waals surface area (Å²) in [4.78, 5) is 16.0. The lowest BCUT2D eigenvalue weighted by atomic mass is 10.0. The Hall–Kier alpha value is -4.78. The number of anilines is 1. The predicted molar refractivity (Wildman–Crippen MR) is 148 cm³/mol. The van der Waals surface area contributed by atoms with E-state index in [1.165, 1.54) is 5.56 Å². The Labute approximate surface area is 221 Å². The molecule has 7 nitrogen and oxygen atoms in total. The van der Waals surface area contributed by atoms with E-state index in [0.717, 1.165) is 34.0 Å². The van der Waals surface area contributed by atoms with Gasteiger partial charge in [0.2, 0.25) is 0 Å². The second kappa shape index (κ2) is 9.59. The molecule has 0 bridgehead atoms. The lowest BCUT2D eigenvalue weighted by Crippen LogP contribution is -2.38. The zero-order valence-corrected chi connectivity index (χ0v) is 21.6. The van der Waals surface area contributed by atoms with Crippen LogP contribution < -0.4 is 10.1 Å². The van der Waals surface area contributed by atoms with Crippen LogP contribution in [0.15, 0.2) is 97.2 Å². The number of ether oxygens (including phenoxy) is 1. The summed E-state index contributed by atoms with van der Waals surface area (Å²) in [7, 11) is 1.60. The average Bonchev–Trinajstić information content (AvgIpc) is 3.50. The maximum absolute atomic E-state index is 14.1. The zero-order chi connectivity index (χ0) is 26.2. The molecule has 0 radical (unpaired) electrons. The molecule has 1 atom stereocenters. The molecule has 1 N–H and O–H groups in total. The van der Waals surface area contributed by atoms with Crippen LogP contribution >= 0.6 is 0 Å². The van der Waals surface area contributed by atoms with E-state index in [0.29, 0.717) is 18.0 Å². The summed E-state index contributed by atoms with van der Waals surface area (Å²) in [6.45, 7) is 4.46. The van der Waals surface area contributed by atoms with Crippen LogP contribution in [0.3, 0.4) is 0 Å². The summed E-state index contributed by atoms with van der Waals surface area (Å²) in [6.07, 6.45) is 2.05. The Bertz CT molecular complexity index is 1600. The zero-order valence-electron chi connectivity index (χ0n) is 21.6. The van der Waals surface area contributed by atoms with Gasteiger partial charge in [-0.25, -0.2) is 9.48 Å². The normalized spacial score (nSPS) is 14.4. The van der Waals surface area contributed by atoms with Crippen molar-refractivity contribution in [2.75, 3.05) is 12.4 Å². The molecule has 0 spiro atoms. The summed E-state index contributed by atoms with van der Waals surface area (Å²) in [5.74, 6) is 1.55.